The quantitative estimate of drug-likeness (QED) is 0.640. The van der Waals surface area contributed by atoms with Crippen molar-refractivity contribution >= 4 is 38.0 Å². The van der Waals surface area contributed by atoms with Gasteiger partial charge in [-0.15, -0.1) is 0 Å². The van der Waals surface area contributed by atoms with Crippen molar-refractivity contribution in [1.29, 1.82) is 0 Å². The van der Waals surface area contributed by atoms with Gasteiger partial charge in [-0.3, -0.25) is 4.55 Å². The Kier molecular flexibility index (Phi) is 10.9. The van der Waals surface area contributed by atoms with Crippen LogP contribution in [-0.2, 0) is 10.1 Å². The number of benzene rings is 1. The van der Waals surface area contributed by atoms with Crippen LogP contribution in [-0.4, -0.2) is 40.9 Å². The van der Waals surface area contributed by atoms with E-state index in [-0.39, 0.29) is 4.90 Å². The van der Waals surface area contributed by atoms with E-state index in [1.807, 2.05) is 0 Å². The maximum atomic E-state index is 10.4. The van der Waals surface area contributed by atoms with Gasteiger partial charge in [-0.05, 0) is 12.1 Å². The van der Waals surface area contributed by atoms with E-state index < -0.39 is 10.1 Å². The molecule has 1 aromatic rings. The minimum absolute atomic E-state index is 0.0741. The van der Waals surface area contributed by atoms with E-state index in [1.54, 1.807) is 18.2 Å². The molecule has 5 heteroatoms. The third kappa shape index (κ3) is 10.6. The van der Waals surface area contributed by atoms with Crippen molar-refractivity contribution < 1.29 is 13.0 Å². The summed E-state index contributed by atoms with van der Waals surface area (Å²) in [5, 5.41) is 0. The maximum absolute atomic E-state index is 10.4. The van der Waals surface area contributed by atoms with Gasteiger partial charge in [0.2, 0.25) is 0 Å². The first-order chi connectivity index (χ1) is 8.91. The molecule has 0 amide bonds. The second-order valence-corrected chi connectivity index (χ2v) is 7.88. The van der Waals surface area contributed by atoms with Gasteiger partial charge in [-0.2, -0.15) is 8.42 Å². The largest absolute Gasteiger partial charge is 0.294 e. The zero-order valence-corrected chi connectivity index (χ0v) is 15.0. The van der Waals surface area contributed by atoms with E-state index in [1.165, 1.54) is 72.2 Å². The Morgan fingerprint density at radius 3 is 2.05 bits per heavy atom. The Morgan fingerprint density at radius 1 is 1.11 bits per heavy atom. The van der Waals surface area contributed by atoms with Crippen LogP contribution in [0.3, 0.4) is 0 Å². The Morgan fingerprint density at radius 2 is 1.68 bits per heavy atom. The summed E-state index contributed by atoms with van der Waals surface area (Å²) in [6.07, 6.45) is 7.19. The van der Waals surface area contributed by atoms with E-state index >= 15 is 0 Å². The first kappa shape index (κ1) is 19.1. The molecule has 1 N–H and O–H groups in total. The first-order valence-electron chi connectivity index (χ1n) is 6.94. The Bertz CT molecular complexity index is 418. The van der Waals surface area contributed by atoms with Crippen LogP contribution in [0.1, 0.15) is 46.0 Å². The summed E-state index contributed by atoms with van der Waals surface area (Å²) in [6, 6.07) is 7.42. The number of hydrogen-bond donors (Lipinski definition) is 1. The topological polar surface area (TPSA) is 54.4 Å². The molecule has 1 unspecified atom stereocenters. The summed E-state index contributed by atoms with van der Waals surface area (Å²) in [5.41, 5.74) is 0. The zero-order valence-electron chi connectivity index (χ0n) is 12.2. The van der Waals surface area contributed by atoms with Gasteiger partial charge in [-0.25, -0.2) is 0 Å². The van der Waals surface area contributed by atoms with E-state index in [0.717, 1.165) is 3.17 Å². The van der Waals surface area contributed by atoms with Gasteiger partial charge >= 0.3 is 77.0 Å². The average Bonchev–Trinajstić information content (AvgIpc) is 2.37. The molecule has 0 fully saturated rings. The number of hydrogen-bond acceptors (Lipinski definition) is 2. The molecule has 0 aliphatic carbocycles. The predicted octanol–water partition coefficient (Wildman–Crippen LogP) is 3.87. The molecule has 19 heavy (non-hydrogen) atoms. The fourth-order valence-corrected chi connectivity index (χ4v) is 3.27. The van der Waals surface area contributed by atoms with Gasteiger partial charge in [-0.1, -0.05) is 18.2 Å². The van der Waals surface area contributed by atoms with Gasteiger partial charge in [0, 0.05) is 0 Å². The Hall–Kier alpha value is 0.130. The molecule has 0 bridgehead atoms. The Balaban J connectivity index is 0.000000344. The molecule has 0 aliphatic rings. The summed E-state index contributed by atoms with van der Waals surface area (Å²) in [7, 11) is -4.00. The third-order valence-corrected chi connectivity index (χ3v) is 4.90. The van der Waals surface area contributed by atoms with Crippen LogP contribution in [0.5, 0.6) is 0 Å². The van der Waals surface area contributed by atoms with Crippen LogP contribution in [0, 0.1) is 0 Å². The summed E-state index contributed by atoms with van der Waals surface area (Å²) in [4.78, 5) is -0.0741. The van der Waals surface area contributed by atoms with Crippen molar-refractivity contribution in [2.45, 2.75) is 54.0 Å². The third-order valence-electron chi connectivity index (χ3n) is 2.87. The van der Waals surface area contributed by atoms with Gasteiger partial charge in [0.25, 0.3) is 10.1 Å². The van der Waals surface area contributed by atoms with Crippen molar-refractivity contribution in [3.63, 3.8) is 0 Å². The smallest absolute Gasteiger partial charge is 0.282 e. The monoisotopic (exact) mass is 294 g/mol. The van der Waals surface area contributed by atoms with Crippen LogP contribution in [0.2, 0.25) is 3.17 Å². The van der Waals surface area contributed by atoms with Crippen molar-refractivity contribution in [1.82, 2.24) is 0 Å². The molecular weight excluding hydrogens is 271 g/mol. The molecule has 0 spiro atoms. The predicted molar refractivity (Wildman–Crippen MR) is 80.2 cm³/mol. The standard InChI is InChI=1S/C8H17.C6H6O3S.Na/c1-3-5-7-8-6-4-2;7-10(8,9)6-4-2-1-3-5-6;/h7H,3-6,8H2,1-2H3;1-5H,(H,7,8,9);. The maximum Gasteiger partial charge on any atom is 0.294 e. The molecular formula is C14H23NaO3S. The minimum Gasteiger partial charge on any atom is -0.282 e. The van der Waals surface area contributed by atoms with E-state index in [9.17, 15) is 8.42 Å². The molecule has 0 heterocycles. The minimum atomic E-state index is -4.00. The normalized spacial score (nSPS) is 12.5. The van der Waals surface area contributed by atoms with Crippen molar-refractivity contribution in [2.24, 2.45) is 0 Å². The van der Waals surface area contributed by atoms with Crippen LogP contribution >= 0.6 is 0 Å². The molecule has 0 radical (unpaired) electrons. The molecule has 3 nitrogen and oxygen atoms in total. The fraction of sp³-hybridized carbons (Fsp3) is 0.571. The average molecular weight is 294 g/mol. The molecule has 104 valence electrons. The zero-order chi connectivity index (χ0) is 14.7. The molecule has 0 saturated heterocycles. The second kappa shape index (κ2) is 10.9. The Labute approximate surface area is 135 Å². The molecule has 1 aromatic carbocycles. The summed E-state index contributed by atoms with van der Waals surface area (Å²) >= 11 is 1.41. The molecule has 0 saturated carbocycles. The number of rotatable bonds is 6. The van der Waals surface area contributed by atoms with Gasteiger partial charge < -0.3 is 0 Å². The van der Waals surface area contributed by atoms with Gasteiger partial charge in [0.15, 0.2) is 0 Å². The van der Waals surface area contributed by atoms with E-state index in [2.05, 4.69) is 13.8 Å². The van der Waals surface area contributed by atoms with Crippen molar-refractivity contribution in [3.05, 3.63) is 30.3 Å². The summed E-state index contributed by atoms with van der Waals surface area (Å²) in [6.45, 7) is 4.57. The van der Waals surface area contributed by atoms with Crippen LogP contribution in [0.4, 0.5) is 0 Å². The molecule has 0 aliphatic heterocycles. The van der Waals surface area contributed by atoms with Crippen LogP contribution in [0.25, 0.3) is 0 Å². The van der Waals surface area contributed by atoms with Crippen LogP contribution < -0.4 is 0 Å². The number of unbranched alkanes of at least 4 members (excludes halogenated alkanes) is 1. The summed E-state index contributed by atoms with van der Waals surface area (Å²) in [5.74, 6) is 0. The van der Waals surface area contributed by atoms with E-state index in [4.69, 9.17) is 4.55 Å². The van der Waals surface area contributed by atoms with Crippen LogP contribution in [0.15, 0.2) is 35.2 Å². The fourth-order valence-electron chi connectivity index (χ4n) is 1.78. The van der Waals surface area contributed by atoms with Gasteiger partial charge in [0.05, 0.1) is 4.90 Å². The first-order valence-corrected chi connectivity index (χ1v) is 9.53. The second-order valence-electron chi connectivity index (χ2n) is 4.82. The van der Waals surface area contributed by atoms with Gasteiger partial charge in [0.1, 0.15) is 0 Å². The molecule has 0 aromatic heterocycles. The molecule has 1 atom stereocenters. The van der Waals surface area contributed by atoms with Crippen molar-refractivity contribution in [3.8, 4) is 0 Å². The van der Waals surface area contributed by atoms with Crippen molar-refractivity contribution in [2.75, 3.05) is 0 Å². The summed E-state index contributed by atoms with van der Waals surface area (Å²) < 4.78 is 30.3. The van der Waals surface area contributed by atoms with E-state index in [0.29, 0.717) is 0 Å². The SMILES string of the molecule is CCCC[CH]([Na])CCC.O=S(=O)(O)c1ccccc1. The molecule has 1 rings (SSSR count).